The van der Waals surface area contributed by atoms with E-state index < -0.39 is 0 Å². The third kappa shape index (κ3) is 3.97. The fourth-order valence-electron chi connectivity index (χ4n) is 5.75. The normalized spacial score (nSPS) is 22.7. The number of likely N-dealkylation sites (tertiary alicyclic amines) is 1. The van der Waals surface area contributed by atoms with Gasteiger partial charge in [0.1, 0.15) is 5.82 Å². The first-order valence-electron chi connectivity index (χ1n) is 11.8. The molecule has 2 unspecified atom stereocenters. The molecule has 1 N–H and O–H groups in total. The van der Waals surface area contributed by atoms with Gasteiger partial charge in [0.25, 0.3) is 0 Å². The first-order valence-corrected chi connectivity index (χ1v) is 11.8. The Kier molecular flexibility index (Phi) is 5.06. The van der Waals surface area contributed by atoms with Gasteiger partial charge in [0, 0.05) is 56.1 Å². The smallest absolute Gasteiger partial charge is 0.148 e. The molecule has 0 radical (unpaired) electrons. The Hall–Kier alpha value is -3.32. The number of fused-ring (bicyclic) bond motifs is 2. The highest BCUT2D eigenvalue weighted by atomic mass is 15.2. The van der Waals surface area contributed by atoms with Crippen LogP contribution in [-0.4, -0.2) is 49.0 Å². The van der Waals surface area contributed by atoms with Crippen LogP contribution in [0, 0.1) is 18.8 Å². The molecule has 3 aromatic heterocycles. The molecule has 0 bridgehead atoms. The van der Waals surface area contributed by atoms with Crippen LogP contribution in [0.2, 0.25) is 0 Å². The van der Waals surface area contributed by atoms with Crippen molar-refractivity contribution in [1.82, 2.24) is 29.9 Å². The van der Waals surface area contributed by atoms with E-state index in [4.69, 9.17) is 0 Å². The summed E-state index contributed by atoms with van der Waals surface area (Å²) in [5.74, 6) is 2.38. The Morgan fingerprint density at radius 1 is 1.00 bits per heavy atom. The summed E-state index contributed by atoms with van der Waals surface area (Å²) in [6.45, 7) is 5.42. The van der Waals surface area contributed by atoms with Gasteiger partial charge in [0.05, 0.1) is 16.9 Å². The van der Waals surface area contributed by atoms with E-state index in [0.717, 1.165) is 46.4 Å². The third-order valence-corrected chi connectivity index (χ3v) is 7.30. The highest BCUT2D eigenvalue weighted by Gasteiger charge is 2.40. The molecule has 0 amide bonds. The predicted octanol–water partition coefficient (Wildman–Crippen LogP) is 4.06. The standard InChI is InChI=1S/C26H29N7/c1-17-22(6-7-25-23(17)16-32(2)31-25)24-8-9-26(30-29-24)28-21-11-18-13-33(14-19(18)12-21)15-20-5-3-4-10-27-20/h3-10,16,18-19,21H,11-15H2,1-2H3,(H,28,30). The third-order valence-electron chi connectivity index (χ3n) is 7.30. The molecule has 1 aliphatic heterocycles. The van der Waals surface area contributed by atoms with Crippen molar-refractivity contribution in [1.29, 1.82) is 0 Å². The van der Waals surface area contributed by atoms with Crippen LogP contribution in [0.5, 0.6) is 0 Å². The van der Waals surface area contributed by atoms with Crippen LogP contribution in [0.4, 0.5) is 5.82 Å². The number of nitrogens with zero attached hydrogens (tertiary/aromatic N) is 6. The highest BCUT2D eigenvalue weighted by molar-refractivity contribution is 5.88. The van der Waals surface area contributed by atoms with E-state index >= 15 is 0 Å². The van der Waals surface area contributed by atoms with Gasteiger partial charge < -0.3 is 5.32 Å². The molecule has 1 saturated carbocycles. The number of pyridine rings is 1. The van der Waals surface area contributed by atoms with E-state index in [-0.39, 0.29) is 0 Å². The van der Waals surface area contributed by atoms with Gasteiger partial charge in [0.15, 0.2) is 0 Å². The summed E-state index contributed by atoms with van der Waals surface area (Å²) in [7, 11) is 1.95. The van der Waals surface area contributed by atoms with Gasteiger partial charge >= 0.3 is 0 Å². The summed E-state index contributed by atoms with van der Waals surface area (Å²) >= 11 is 0. The van der Waals surface area contributed by atoms with Crippen LogP contribution in [0.15, 0.2) is 54.9 Å². The lowest BCUT2D eigenvalue weighted by atomic mass is 10.0. The second kappa shape index (κ2) is 8.23. The fourth-order valence-corrected chi connectivity index (χ4v) is 5.75. The van der Waals surface area contributed by atoms with Gasteiger partial charge in [0.2, 0.25) is 0 Å². The van der Waals surface area contributed by atoms with Crippen LogP contribution >= 0.6 is 0 Å². The molecule has 4 heterocycles. The zero-order chi connectivity index (χ0) is 22.4. The SMILES string of the molecule is Cc1c(-c2ccc(NC3CC4CN(Cc5ccccn5)CC4C3)nn2)ccc2nn(C)cc12. The molecule has 1 aromatic carbocycles. The lowest BCUT2D eigenvalue weighted by Crippen LogP contribution is -2.25. The summed E-state index contributed by atoms with van der Waals surface area (Å²) < 4.78 is 1.86. The maximum Gasteiger partial charge on any atom is 0.148 e. The summed E-state index contributed by atoms with van der Waals surface area (Å²) in [4.78, 5) is 7.04. The number of hydrogen-bond donors (Lipinski definition) is 1. The van der Waals surface area contributed by atoms with Crippen molar-refractivity contribution in [2.75, 3.05) is 18.4 Å². The van der Waals surface area contributed by atoms with Crippen LogP contribution < -0.4 is 5.32 Å². The van der Waals surface area contributed by atoms with Crippen LogP contribution in [-0.2, 0) is 13.6 Å². The Labute approximate surface area is 193 Å². The second-order valence-corrected chi connectivity index (χ2v) is 9.63. The fraction of sp³-hybridized carbons (Fsp3) is 0.385. The molecule has 1 aliphatic carbocycles. The average molecular weight is 440 g/mol. The number of hydrogen-bond acceptors (Lipinski definition) is 6. The summed E-state index contributed by atoms with van der Waals surface area (Å²) in [5, 5.41) is 18.3. The van der Waals surface area contributed by atoms with Crippen molar-refractivity contribution in [2.45, 2.75) is 32.4 Å². The number of rotatable bonds is 5. The molecular formula is C26H29N7. The minimum absolute atomic E-state index is 0.477. The molecule has 4 aromatic rings. The molecule has 0 spiro atoms. The molecule has 7 nitrogen and oxygen atoms in total. The molecular weight excluding hydrogens is 410 g/mol. The molecule has 7 heteroatoms. The van der Waals surface area contributed by atoms with Crippen molar-refractivity contribution < 1.29 is 0 Å². The van der Waals surface area contributed by atoms with E-state index in [0.29, 0.717) is 6.04 Å². The van der Waals surface area contributed by atoms with Gasteiger partial charge in [-0.1, -0.05) is 12.1 Å². The molecule has 1 saturated heterocycles. The molecule has 6 rings (SSSR count). The van der Waals surface area contributed by atoms with Crippen molar-refractivity contribution in [3.05, 3.63) is 66.1 Å². The number of benzene rings is 1. The van der Waals surface area contributed by atoms with Crippen LogP contribution in [0.1, 0.15) is 24.1 Å². The largest absolute Gasteiger partial charge is 0.366 e. The van der Waals surface area contributed by atoms with Crippen LogP contribution in [0.3, 0.4) is 0 Å². The maximum atomic E-state index is 4.54. The number of anilines is 1. The summed E-state index contributed by atoms with van der Waals surface area (Å²) in [5.41, 5.74) is 5.38. The van der Waals surface area contributed by atoms with Crippen LogP contribution in [0.25, 0.3) is 22.2 Å². The van der Waals surface area contributed by atoms with E-state index in [1.807, 2.05) is 24.0 Å². The molecule has 33 heavy (non-hydrogen) atoms. The first-order chi connectivity index (χ1) is 16.1. The predicted molar refractivity (Wildman–Crippen MR) is 130 cm³/mol. The molecule has 2 atom stereocenters. The second-order valence-electron chi connectivity index (χ2n) is 9.63. The van der Waals surface area contributed by atoms with Crippen molar-refractivity contribution in [3.8, 4) is 11.3 Å². The average Bonchev–Trinajstić information content (AvgIpc) is 3.48. The topological polar surface area (TPSA) is 71.8 Å². The molecule has 168 valence electrons. The zero-order valence-corrected chi connectivity index (χ0v) is 19.1. The lowest BCUT2D eigenvalue weighted by molar-refractivity contribution is 0.297. The summed E-state index contributed by atoms with van der Waals surface area (Å²) in [6, 6.07) is 14.9. The van der Waals surface area contributed by atoms with Gasteiger partial charge in [-0.05, 0) is 67.5 Å². The van der Waals surface area contributed by atoms with Gasteiger partial charge in [-0.2, -0.15) is 5.10 Å². The molecule has 2 aliphatic rings. The van der Waals surface area contributed by atoms with Crippen molar-refractivity contribution in [3.63, 3.8) is 0 Å². The monoisotopic (exact) mass is 439 g/mol. The number of aromatic nitrogens is 5. The maximum absolute atomic E-state index is 4.54. The summed E-state index contributed by atoms with van der Waals surface area (Å²) in [6.07, 6.45) is 6.34. The first kappa shape index (κ1) is 20.3. The minimum atomic E-state index is 0.477. The Bertz CT molecular complexity index is 1250. The quantitative estimate of drug-likeness (QED) is 0.506. The van der Waals surface area contributed by atoms with Crippen molar-refractivity contribution in [2.24, 2.45) is 18.9 Å². The van der Waals surface area contributed by atoms with Gasteiger partial charge in [-0.3, -0.25) is 14.6 Å². The number of nitrogens with one attached hydrogen (secondary N) is 1. The Morgan fingerprint density at radius 3 is 2.58 bits per heavy atom. The number of aryl methyl sites for hydroxylation is 2. The van der Waals surface area contributed by atoms with E-state index in [1.54, 1.807) is 0 Å². The van der Waals surface area contributed by atoms with E-state index in [2.05, 4.69) is 80.0 Å². The Balaban J connectivity index is 1.08. The zero-order valence-electron chi connectivity index (χ0n) is 19.1. The van der Waals surface area contributed by atoms with Gasteiger partial charge in [-0.25, -0.2) is 0 Å². The lowest BCUT2D eigenvalue weighted by Gasteiger charge is -2.19. The minimum Gasteiger partial charge on any atom is -0.366 e. The highest BCUT2D eigenvalue weighted by Crippen LogP contribution is 2.39. The molecule has 2 fully saturated rings. The van der Waals surface area contributed by atoms with Crippen molar-refractivity contribution >= 4 is 16.7 Å². The Morgan fingerprint density at radius 2 is 1.85 bits per heavy atom. The van der Waals surface area contributed by atoms with E-state index in [9.17, 15) is 0 Å². The van der Waals surface area contributed by atoms with E-state index in [1.165, 1.54) is 37.2 Å². The van der Waals surface area contributed by atoms with Gasteiger partial charge in [-0.15, -0.1) is 10.2 Å².